The maximum absolute atomic E-state index is 4.05. The molecule has 0 amide bonds. The third-order valence-electron chi connectivity index (χ3n) is 1.38. The molecule has 1 nitrogen and oxygen atoms in total. The van der Waals surface area contributed by atoms with Crippen molar-refractivity contribution in [1.29, 1.82) is 0 Å². The third kappa shape index (κ3) is 5.90. The van der Waals surface area contributed by atoms with E-state index in [1.807, 2.05) is 12.5 Å². The highest BCUT2D eigenvalue weighted by atomic mass is 32.2. The topological polar surface area (TPSA) is 12.4 Å². The van der Waals surface area contributed by atoms with E-state index in [1.54, 1.807) is 0 Å². The predicted octanol–water partition coefficient (Wildman–Crippen LogP) is 2.77. The molecule has 0 N–H and O–H groups in total. The minimum atomic E-state index is 0.792. The molecule has 0 aliphatic carbocycles. The zero-order valence-corrected chi connectivity index (χ0v) is 7.24. The summed E-state index contributed by atoms with van der Waals surface area (Å²) in [6, 6.07) is 0. The molecule has 0 aromatic carbocycles. The predicted molar refractivity (Wildman–Crippen MR) is 46.1 cm³/mol. The zero-order valence-electron chi connectivity index (χ0n) is 6.42. The van der Waals surface area contributed by atoms with Crippen LogP contribution in [-0.2, 0) is 0 Å². The van der Waals surface area contributed by atoms with E-state index in [0.29, 0.717) is 0 Å². The highest BCUT2D eigenvalue weighted by Crippen LogP contribution is 2.04. The lowest BCUT2D eigenvalue weighted by Gasteiger charge is -2.00. The third-order valence-corrected chi connectivity index (χ3v) is 1.74. The molecule has 0 rings (SSSR count). The Balaban J connectivity index is 3.15. The highest BCUT2D eigenvalue weighted by Gasteiger charge is 1.92. The maximum atomic E-state index is 4.05. The summed E-state index contributed by atoms with van der Waals surface area (Å²) in [5.74, 6) is 0.792. The van der Waals surface area contributed by atoms with Crippen molar-refractivity contribution in [2.45, 2.75) is 26.7 Å². The summed E-state index contributed by atoms with van der Waals surface area (Å²) in [4.78, 5) is 0. The van der Waals surface area contributed by atoms with E-state index in [1.165, 1.54) is 18.4 Å². The van der Waals surface area contributed by atoms with Crippen LogP contribution in [-0.4, -0.2) is 12.5 Å². The van der Waals surface area contributed by atoms with E-state index in [9.17, 15) is 0 Å². The normalized spacial score (nSPS) is 14.6. The van der Waals surface area contributed by atoms with Gasteiger partial charge in [-0.15, -0.1) is 0 Å². The monoisotopic (exact) mass is 145 g/mol. The summed E-state index contributed by atoms with van der Waals surface area (Å²) in [7, 11) is 0. The molecule has 2 heteroatoms. The summed E-state index contributed by atoms with van der Waals surface area (Å²) >= 11 is 1.52. The van der Waals surface area contributed by atoms with Crippen molar-refractivity contribution in [3.8, 4) is 0 Å². The number of nitrogens with zero attached hydrogens (tertiary/aromatic N) is 1. The van der Waals surface area contributed by atoms with Crippen molar-refractivity contribution < 1.29 is 0 Å². The Morgan fingerprint density at radius 2 is 2.33 bits per heavy atom. The van der Waals surface area contributed by atoms with Gasteiger partial charge in [0.05, 0.1) is 0 Å². The first-order valence-electron chi connectivity index (χ1n) is 3.36. The van der Waals surface area contributed by atoms with Crippen LogP contribution in [0.3, 0.4) is 0 Å². The smallest absolute Gasteiger partial charge is 0.0128 e. The Labute approximate surface area is 62.1 Å². The largest absolute Gasteiger partial charge is 0.229 e. The van der Waals surface area contributed by atoms with Gasteiger partial charge >= 0.3 is 0 Å². The van der Waals surface area contributed by atoms with Crippen LogP contribution in [0.1, 0.15) is 26.7 Å². The molecule has 0 fully saturated rings. The molecule has 0 aromatic rings. The average molecular weight is 145 g/mol. The Morgan fingerprint density at radius 3 is 2.78 bits per heavy atom. The van der Waals surface area contributed by atoms with Gasteiger partial charge < -0.3 is 0 Å². The number of hydrogen-bond donors (Lipinski definition) is 0. The molecular formula is C7H15NS. The Morgan fingerprint density at radius 1 is 1.67 bits per heavy atom. The first-order valence-corrected chi connectivity index (χ1v) is 4.54. The van der Waals surface area contributed by atoms with Crippen molar-refractivity contribution in [3.63, 3.8) is 0 Å². The minimum Gasteiger partial charge on any atom is -0.229 e. The van der Waals surface area contributed by atoms with Crippen LogP contribution < -0.4 is 0 Å². The van der Waals surface area contributed by atoms with E-state index in [-0.39, 0.29) is 0 Å². The van der Waals surface area contributed by atoms with Gasteiger partial charge in [0.1, 0.15) is 0 Å². The van der Waals surface area contributed by atoms with Gasteiger partial charge in [0, 0.05) is 12.5 Å². The lowest BCUT2D eigenvalue weighted by atomic mass is 10.1. The molecule has 54 valence electrons. The highest BCUT2D eigenvalue weighted by molar-refractivity contribution is 7.97. The first-order chi connectivity index (χ1) is 4.31. The molecule has 0 bridgehead atoms. The van der Waals surface area contributed by atoms with Crippen LogP contribution in [0.2, 0.25) is 0 Å². The lowest BCUT2D eigenvalue weighted by molar-refractivity contribution is 0.592. The van der Waals surface area contributed by atoms with Crippen molar-refractivity contribution in [1.82, 2.24) is 0 Å². The van der Waals surface area contributed by atoms with Gasteiger partial charge in [-0.3, -0.25) is 0 Å². The van der Waals surface area contributed by atoms with Crippen molar-refractivity contribution in [3.05, 3.63) is 0 Å². The molecule has 1 atom stereocenters. The molecule has 1 unspecified atom stereocenters. The quantitative estimate of drug-likeness (QED) is 0.437. The van der Waals surface area contributed by atoms with Crippen molar-refractivity contribution in [2.75, 3.05) is 6.26 Å². The van der Waals surface area contributed by atoms with Gasteiger partial charge in [0.15, 0.2) is 0 Å². The Hall–Kier alpha value is 0.0200. The van der Waals surface area contributed by atoms with E-state index >= 15 is 0 Å². The van der Waals surface area contributed by atoms with Gasteiger partial charge in [0.25, 0.3) is 0 Å². The van der Waals surface area contributed by atoms with Crippen LogP contribution in [0.5, 0.6) is 0 Å². The molecule has 0 aliphatic heterocycles. The summed E-state index contributed by atoms with van der Waals surface area (Å²) in [5, 5.41) is 0. The average Bonchev–Trinajstić information content (AvgIpc) is 1.89. The first kappa shape index (κ1) is 9.02. The molecule has 0 heterocycles. The van der Waals surface area contributed by atoms with Crippen LogP contribution in [0.15, 0.2) is 4.40 Å². The fraction of sp³-hybridized carbons (Fsp3) is 0.857. The van der Waals surface area contributed by atoms with Gasteiger partial charge in [-0.25, -0.2) is 4.40 Å². The maximum Gasteiger partial charge on any atom is 0.0128 e. The van der Waals surface area contributed by atoms with E-state index < -0.39 is 0 Å². The molecule has 0 aliphatic rings. The van der Waals surface area contributed by atoms with Crippen molar-refractivity contribution >= 4 is 18.2 Å². The van der Waals surface area contributed by atoms with Gasteiger partial charge in [-0.1, -0.05) is 20.3 Å². The lowest BCUT2D eigenvalue weighted by Crippen LogP contribution is -1.90. The molecule has 0 aromatic heterocycles. The van der Waals surface area contributed by atoms with Crippen LogP contribution >= 0.6 is 11.9 Å². The Kier molecular flexibility index (Phi) is 6.16. The van der Waals surface area contributed by atoms with Gasteiger partial charge in [-0.05, 0) is 24.3 Å². The van der Waals surface area contributed by atoms with Crippen LogP contribution in [0.25, 0.3) is 0 Å². The standard InChI is InChI=1S/C7H15NS/c1-4-7(2)5-6-8-9-3/h6-7H,4-5H2,1-3H3. The molecular weight excluding hydrogens is 130 g/mol. The fourth-order valence-electron chi connectivity index (χ4n) is 0.464. The number of rotatable bonds is 4. The van der Waals surface area contributed by atoms with Gasteiger partial charge in [0.2, 0.25) is 0 Å². The SMILES string of the molecule is CCC(C)CC=NSC. The molecule has 0 saturated carbocycles. The second-order valence-corrected chi connectivity index (χ2v) is 2.80. The molecule has 0 saturated heterocycles. The summed E-state index contributed by atoms with van der Waals surface area (Å²) in [5.41, 5.74) is 0. The zero-order chi connectivity index (χ0) is 7.11. The summed E-state index contributed by atoms with van der Waals surface area (Å²) < 4.78 is 4.05. The van der Waals surface area contributed by atoms with E-state index in [4.69, 9.17) is 0 Å². The second-order valence-electron chi connectivity index (χ2n) is 2.22. The minimum absolute atomic E-state index is 0.792. The molecule has 9 heavy (non-hydrogen) atoms. The summed E-state index contributed by atoms with van der Waals surface area (Å²) in [6.07, 6.45) is 6.35. The second kappa shape index (κ2) is 6.14. The van der Waals surface area contributed by atoms with E-state index in [2.05, 4.69) is 18.2 Å². The Bertz CT molecular complexity index is 81.0. The fourth-order valence-corrected chi connectivity index (χ4v) is 0.699. The van der Waals surface area contributed by atoms with Crippen LogP contribution in [0, 0.1) is 5.92 Å². The summed E-state index contributed by atoms with van der Waals surface area (Å²) in [6.45, 7) is 4.45. The van der Waals surface area contributed by atoms with Crippen LogP contribution in [0.4, 0.5) is 0 Å². The van der Waals surface area contributed by atoms with Gasteiger partial charge in [-0.2, -0.15) is 0 Å². The van der Waals surface area contributed by atoms with Crippen molar-refractivity contribution in [2.24, 2.45) is 10.3 Å². The number of hydrogen-bond acceptors (Lipinski definition) is 2. The molecule has 0 radical (unpaired) electrons. The molecule has 0 spiro atoms. The van der Waals surface area contributed by atoms with E-state index in [0.717, 1.165) is 12.3 Å².